The number of ether oxygens (including phenoxy) is 1. The molecule has 16 heavy (non-hydrogen) atoms. The van der Waals surface area contributed by atoms with Gasteiger partial charge in [-0.3, -0.25) is 0 Å². The van der Waals surface area contributed by atoms with Gasteiger partial charge in [-0.1, -0.05) is 25.8 Å². The van der Waals surface area contributed by atoms with Gasteiger partial charge in [0, 0.05) is 0 Å². The van der Waals surface area contributed by atoms with E-state index >= 15 is 0 Å². The van der Waals surface area contributed by atoms with Crippen molar-refractivity contribution in [3.63, 3.8) is 0 Å². The molecule has 1 saturated carbocycles. The molecular formula is C13H22O3. The average molecular weight is 226 g/mol. The van der Waals surface area contributed by atoms with E-state index in [1.807, 2.05) is 20.8 Å². The normalized spacial score (nSPS) is 20.2. The highest BCUT2D eigenvalue weighted by molar-refractivity contribution is 5.90. The third-order valence-electron chi connectivity index (χ3n) is 2.89. The lowest BCUT2D eigenvalue weighted by Crippen LogP contribution is -2.39. The summed E-state index contributed by atoms with van der Waals surface area (Å²) in [4.78, 5) is 11.8. The van der Waals surface area contributed by atoms with Crippen LogP contribution in [-0.2, 0) is 9.53 Å². The van der Waals surface area contributed by atoms with Crippen molar-refractivity contribution in [2.75, 3.05) is 0 Å². The van der Waals surface area contributed by atoms with Gasteiger partial charge in [-0.2, -0.15) is 0 Å². The van der Waals surface area contributed by atoms with Gasteiger partial charge in [0.05, 0.1) is 11.2 Å². The van der Waals surface area contributed by atoms with E-state index in [1.165, 1.54) is 0 Å². The van der Waals surface area contributed by atoms with Crippen molar-refractivity contribution < 1.29 is 14.6 Å². The Morgan fingerprint density at radius 1 is 1.25 bits per heavy atom. The molecule has 0 saturated heterocycles. The van der Waals surface area contributed by atoms with Crippen molar-refractivity contribution in [2.45, 2.75) is 64.1 Å². The van der Waals surface area contributed by atoms with E-state index in [9.17, 15) is 9.90 Å². The van der Waals surface area contributed by atoms with Gasteiger partial charge in [-0.15, -0.1) is 0 Å². The largest absolute Gasteiger partial charge is 0.457 e. The number of rotatable bonds is 2. The molecule has 0 spiro atoms. The first kappa shape index (κ1) is 13.2. The maximum atomic E-state index is 11.8. The minimum Gasteiger partial charge on any atom is -0.457 e. The van der Waals surface area contributed by atoms with Crippen LogP contribution in [0.15, 0.2) is 12.2 Å². The van der Waals surface area contributed by atoms with E-state index in [2.05, 4.69) is 6.58 Å². The van der Waals surface area contributed by atoms with Crippen LogP contribution in [0.3, 0.4) is 0 Å². The number of esters is 1. The Hall–Kier alpha value is -0.830. The predicted octanol–water partition coefficient (Wildman–Crippen LogP) is 2.58. The molecule has 1 aliphatic rings. The summed E-state index contributed by atoms with van der Waals surface area (Å²) < 4.78 is 5.22. The summed E-state index contributed by atoms with van der Waals surface area (Å²) >= 11 is 0. The molecule has 3 heteroatoms. The summed E-state index contributed by atoms with van der Waals surface area (Å²) in [6.07, 6.45) is 4.23. The van der Waals surface area contributed by atoms with E-state index in [4.69, 9.17) is 4.74 Å². The zero-order valence-corrected chi connectivity index (χ0v) is 10.5. The predicted molar refractivity (Wildman–Crippen MR) is 63.0 cm³/mol. The zero-order valence-electron chi connectivity index (χ0n) is 10.5. The van der Waals surface area contributed by atoms with Crippen molar-refractivity contribution in [1.82, 2.24) is 0 Å². The fourth-order valence-electron chi connectivity index (χ4n) is 1.97. The van der Waals surface area contributed by atoms with E-state index < -0.39 is 17.2 Å². The lowest BCUT2D eigenvalue weighted by molar-refractivity contribution is -0.153. The minimum atomic E-state index is -1.04. The zero-order chi connectivity index (χ0) is 12.4. The molecule has 0 unspecified atom stereocenters. The van der Waals surface area contributed by atoms with Crippen LogP contribution in [0.1, 0.15) is 52.9 Å². The van der Waals surface area contributed by atoms with Crippen LogP contribution in [0.5, 0.6) is 0 Å². The number of carbonyl (C=O) groups excluding carboxylic acids is 1. The van der Waals surface area contributed by atoms with E-state index in [0.29, 0.717) is 12.8 Å². The van der Waals surface area contributed by atoms with Gasteiger partial charge in [0.1, 0.15) is 5.60 Å². The maximum absolute atomic E-state index is 11.8. The summed E-state index contributed by atoms with van der Waals surface area (Å²) in [6, 6.07) is 0. The van der Waals surface area contributed by atoms with E-state index in [-0.39, 0.29) is 5.57 Å². The van der Waals surface area contributed by atoms with Crippen LogP contribution in [0, 0.1) is 0 Å². The van der Waals surface area contributed by atoms with E-state index in [1.54, 1.807) is 0 Å². The van der Waals surface area contributed by atoms with Crippen molar-refractivity contribution >= 4 is 5.97 Å². The first-order valence-electron chi connectivity index (χ1n) is 5.90. The monoisotopic (exact) mass is 226 g/mol. The van der Waals surface area contributed by atoms with Crippen molar-refractivity contribution in [3.8, 4) is 0 Å². The van der Waals surface area contributed by atoms with Crippen LogP contribution >= 0.6 is 0 Å². The van der Waals surface area contributed by atoms with Crippen LogP contribution in [-0.4, -0.2) is 22.3 Å². The van der Waals surface area contributed by atoms with Gasteiger partial charge in [0.15, 0.2) is 0 Å². The summed E-state index contributed by atoms with van der Waals surface area (Å²) in [6.45, 7) is 9.14. The van der Waals surface area contributed by atoms with Gasteiger partial charge in [0.25, 0.3) is 0 Å². The Balaban J connectivity index is 2.66. The lowest BCUT2D eigenvalue weighted by atomic mass is 9.80. The number of hydrogen-bond donors (Lipinski definition) is 1. The van der Waals surface area contributed by atoms with Gasteiger partial charge in [-0.05, 0) is 33.6 Å². The molecular weight excluding hydrogens is 204 g/mol. The molecule has 1 rings (SSSR count). The second-order valence-corrected chi connectivity index (χ2v) is 5.57. The quantitative estimate of drug-likeness (QED) is 0.581. The number of carbonyl (C=O) groups is 1. The molecule has 0 aliphatic heterocycles. The van der Waals surface area contributed by atoms with Crippen molar-refractivity contribution in [1.29, 1.82) is 0 Å². The van der Waals surface area contributed by atoms with E-state index in [0.717, 1.165) is 19.3 Å². The highest BCUT2D eigenvalue weighted by Gasteiger charge is 2.37. The Morgan fingerprint density at radius 3 is 2.19 bits per heavy atom. The summed E-state index contributed by atoms with van der Waals surface area (Å²) in [5.74, 6) is -0.475. The van der Waals surface area contributed by atoms with Crippen LogP contribution < -0.4 is 0 Å². The third kappa shape index (κ3) is 3.34. The van der Waals surface area contributed by atoms with Gasteiger partial charge in [0.2, 0.25) is 0 Å². The number of aliphatic hydroxyl groups is 1. The molecule has 1 N–H and O–H groups in total. The first-order valence-corrected chi connectivity index (χ1v) is 5.90. The first-order chi connectivity index (χ1) is 7.25. The molecule has 1 aliphatic carbocycles. The van der Waals surface area contributed by atoms with Gasteiger partial charge >= 0.3 is 5.97 Å². The molecule has 0 aromatic rings. The Labute approximate surface area is 97.5 Å². The number of hydrogen-bond acceptors (Lipinski definition) is 3. The minimum absolute atomic E-state index is 0.210. The molecule has 1 fully saturated rings. The second kappa shape index (κ2) is 4.58. The maximum Gasteiger partial charge on any atom is 0.336 e. The SMILES string of the molecule is C=C(C(=O)OC(C)(C)C)C1(O)CCCCC1. The van der Waals surface area contributed by atoms with Gasteiger partial charge in [-0.25, -0.2) is 4.79 Å². The fraction of sp³-hybridized carbons (Fsp3) is 0.769. The molecule has 3 nitrogen and oxygen atoms in total. The molecule has 0 radical (unpaired) electrons. The van der Waals surface area contributed by atoms with Crippen molar-refractivity contribution in [2.24, 2.45) is 0 Å². The highest BCUT2D eigenvalue weighted by atomic mass is 16.6. The van der Waals surface area contributed by atoms with Gasteiger partial charge < -0.3 is 9.84 Å². The van der Waals surface area contributed by atoms with Crippen LogP contribution in [0.2, 0.25) is 0 Å². The molecule has 0 atom stereocenters. The smallest absolute Gasteiger partial charge is 0.336 e. The summed E-state index contributed by atoms with van der Waals surface area (Å²) in [7, 11) is 0. The molecule has 0 aromatic heterocycles. The standard InChI is InChI=1S/C13H22O3/c1-10(11(14)16-12(2,3)4)13(15)8-6-5-7-9-13/h15H,1,5-9H2,2-4H3. The Morgan fingerprint density at radius 2 is 1.75 bits per heavy atom. The summed E-state index contributed by atoms with van der Waals surface area (Å²) in [5, 5.41) is 10.3. The average Bonchev–Trinajstić information content (AvgIpc) is 2.15. The van der Waals surface area contributed by atoms with Crippen LogP contribution in [0.4, 0.5) is 0 Å². The van der Waals surface area contributed by atoms with Crippen molar-refractivity contribution in [3.05, 3.63) is 12.2 Å². The lowest BCUT2D eigenvalue weighted by Gasteiger charge is -2.33. The third-order valence-corrected chi connectivity index (χ3v) is 2.89. The molecule has 0 amide bonds. The Bertz CT molecular complexity index is 280. The van der Waals surface area contributed by atoms with Crippen LogP contribution in [0.25, 0.3) is 0 Å². The fourth-order valence-corrected chi connectivity index (χ4v) is 1.97. The highest BCUT2D eigenvalue weighted by Crippen LogP contribution is 2.34. The molecule has 0 aromatic carbocycles. The molecule has 0 bridgehead atoms. The topological polar surface area (TPSA) is 46.5 Å². The Kier molecular flexibility index (Phi) is 3.79. The second-order valence-electron chi connectivity index (χ2n) is 5.57. The molecule has 0 heterocycles. The molecule has 92 valence electrons. The summed E-state index contributed by atoms with van der Waals surface area (Å²) in [5.41, 5.74) is -1.37.